The number of benzene rings is 2. The average molecular weight is 428 g/mol. The van der Waals surface area contributed by atoms with Gasteiger partial charge >= 0.3 is 21.6 Å². The highest BCUT2D eigenvalue weighted by Gasteiger charge is 2.33. The number of esters is 1. The fraction of sp³-hybridized carbons (Fsp3) is 0.167. The monoisotopic (exact) mass is 427 g/mol. The summed E-state index contributed by atoms with van der Waals surface area (Å²) < 4.78 is 39.7. The Labute approximate surface area is 166 Å². The molecule has 0 aliphatic carbocycles. The van der Waals surface area contributed by atoms with Crippen LogP contribution in [0.5, 0.6) is 0 Å². The molecule has 1 aromatic heterocycles. The van der Waals surface area contributed by atoms with E-state index in [2.05, 4.69) is 0 Å². The Kier molecular flexibility index (Phi) is 5.22. The van der Waals surface area contributed by atoms with Crippen molar-refractivity contribution in [3.05, 3.63) is 58.2 Å². The van der Waals surface area contributed by atoms with E-state index in [0.717, 1.165) is 12.5 Å². The molecule has 0 bridgehead atoms. The summed E-state index contributed by atoms with van der Waals surface area (Å²) in [6.07, 6.45) is 0. The molecule has 6 nitrogen and oxygen atoms in total. The standard InChI is InChI=1S/C18H15Cl2NO5S/c1-10-16(12-6-8-13(19)9-7-12)14-4-3-5-15(20)17(14)21(10)18(26-11(2)22)27(23,24)25/h3-9,18H,1-2H3,(H,23,24,25). The van der Waals surface area contributed by atoms with Crippen LogP contribution in [-0.4, -0.2) is 23.5 Å². The Hall–Kier alpha value is -2.06. The van der Waals surface area contributed by atoms with E-state index in [-0.39, 0.29) is 5.02 Å². The second-order valence-electron chi connectivity index (χ2n) is 5.90. The molecule has 0 saturated heterocycles. The highest BCUT2D eigenvalue weighted by Crippen LogP contribution is 2.40. The first kappa shape index (κ1) is 19.7. The molecule has 2 aromatic carbocycles. The van der Waals surface area contributed by atoms with E-state index in [1.165, 1.54) is 4.57 Å². The number of hydrogen-bond donors (Lipinski definition) is 1. The van der Waals surface area contributed by atoms with Crippen molar-refractivity contribution < 1.29 is 22.5 Å². The topological polar surface area (TPSA) is 85.6 Å². The molecule has 0 amide bonds. The number of carbonyl (C=O) groups excluding carboxylic acids is 1. The summed E-state index contributed by atoms with van der Waals surface area (Å²) in [5.41, 5.74) is 0.262. The number of fused-ring (bicyclic) bond motifs is 1. The van der Waals surface area contributed by atoms with Crippen molar-refractivity contribution in [2.75, 3.05) is 0 Å². The minimum Gasteiger partial charge on any atom is -0.424 e. The summed E-state index contributed by atoms with van der Waals surface area (Å²) in [5.74, 6) is -0.862. The van der Waals surface area contributed by atoms with Crippen LogP contribution >= 0.6 is 23.2 Å². The average Bonchev–Trinajstić information content (AvgIpc) is 2.86. The number of ether oxygens (including phenoxy) is 1. The fourth-order valence-corrected chi connectivity index (χ4v) is 4.26. The zero-order valence-electron chi connectivity index (χ0n) is 14.3. The normalized spacial score (nSPS) is 12.9. The molecule has 1 heterocycles. The van der Waals surface area contributed by atoms with Crippen molar-refractivity contribution in [2.24, 2.45) is 0 Å². The van der Waals surface area contributed by atoms with Gasteiger partial charge in [-0.2, -0.15) is 8.42 Å². The zero-order chi connectivity index (χ0) is 19.9. The van der Waals surface area contributed by atoms with Gasteiger partial charge in [-0.1, -0.05) is 47.5 Å². The van der Waals surface area contributed by atoms with Gasteiger partial charge in [-0.3, -0.25) is 13.9 Å². The van der Waals surface area contributed by atoms with E-state index in [1.807, 2.05) is 0 Å². The van der Waals surface area contributed by atoms with E-state index in [0.29, 0.717) is 27.2 Å². The van der Waals surface area contributed by atoms with Crippen molar-refractivity contribution in [3.8, 4) is 11.1 Å². The van der Waals surface area contributed by atoms with Gasteiger partial charge in [0, 0.05) is 28.6 Å². The lowest BCUT2D eigenvalue weighted by Gasteiger charge is -2.19. The molecule has 1 atom stereocenters. The molecule has 27 heavy (non-hydrogen) atoms. The number of aromatic nitrogens is 1. The Bertz CT molecular complexity index is 1140. The minimum absolute atomic E-state index is 0.247. The zero-order valence-corrected chi connectivity index (χ0v) is 16.6. The van der Waals surface area contributed by atoms with Gasteiger partial charge < -0.3 is 4.74 Å². The first-order chi connectivity index (χ1) is 12.6. The van der Waals surface area contributed by atoms with Gasteiger partial charge in [0.1, 0.15) is 0 Å². The number of hydrogen-bond acceptors (Lipinski definition) is 4. The molecular weight excluding hydrogens is 413 g/mol. The first-order valence-electron chi connectivity index (χ1n) is 7.79. The Morgan fingerprint density at radius 2 is 1.78 bits per heavy atom. The van der Waals surface area contributed by atoms with E-state index < -0.39 is 21.6 Å². The highest BCUT2D eigenvalue weighted by molar-refractivity contribution is 7.85. The minimum atomic E-state index is -4.78. The number of carbonyl (C=O) groups is 1. The van der Waals surface area contributed by atoms with Gasteiger partial charge in [0.15, 0.2) is 0 Å². The van der Waals surface area contributed by atoms with Gasteiger partial charge in [0.2, 0.25) is 0 Å². The molecule has 1 unspecified atom stereocenters. The van der Waals surface area contributed by atoms with Crippen LogP contribution < -0.4 is 0 Å². The summed E-state index contributed by atoms with van der Waals surface area (Å²) >= 11 is 12.3. The summed E-state index contributed by atoms with van der Waals surface area (Å²) in [4.78, 5) is 11.5. The quantitative estimate of drug-likeness (QED) is 0.475. The summed E-state index contributed by atoms with van der Waals surface area (Å²) in [7, 11) is -4.78. The Morgan fingerprint density at radius 1 is 1.15 bits per heavy atom. The lowest BCUT2D eigenvalue weighted by Crippen LogP contribution is -2.25. The second-order valence-corrected chi connectivity index (χ2v) is 8.18. The molecule has 3 rings (SSSR count). The highest BCUT2D eigenvalue weighted by atomic mass is 35.5. The predicted octanol–water partition coefficient (Wildman–Crippen LogP) is 4.83. The van der Waals surface area contributed by atoms with E-state index in [4.69, 9.17) is 27.9 Å². The fourth-order valence-electron chi connectivity index (χ4n) is 3.08. The molecule has 142 valence electrons. The lowest BCUT2D eigenvalue weighted by atomic mass is 10.0. The third kappa shape index (κ3) is 3.68. The molecule has 3 aromatic rings. The molecular formula is C18H15Cl2NO5S. The summed E-state index contributed by atoms with van der Waals surface area (Å²) in [5, 5.41) is 1.44. The number of nitrogens with zero attached hydrogens (tertiary/aromatic N) is 1. The van der Waals surface area contributed by atoms with Gasteiger partial charge in [-0.15, -0.1) is 0 Å². The van der Waals surface area contributed by atoms with Gasteiger partial charge in [0.05, 0.1) is 10.5 Å². The molecule has 1 N–H and O–H groups in total. The van der Waals surface area contributed by atoms with Gasteiger partial charge in [-0.05, 0) is 30.7 Å². The summed E-state index contributed by atoms with van der Waals surface area (Å²) in [6, 6.07) is 12.0. The van der Waals surface area contributed by atoms with Crippen LogP contribution in [-0.2, 0) is 19.6 Å². The molecule has 0 saturated carbocycles. The molecule has 9 heteroatoms. The second kappa shape index (κ2) is 7.16. The van der Waals surface area contributed by atoms with Crippen LogP contribution in [0, 0.1) is 6.92 Å². The molecule has 0 aliphatic heterocycles. The van der Waals surface area contributed by atoms with Crippen LogP contribution in [0.3, 0.4) is 0 Å². The Balaban J connectivity index is 2.41. The molecule has 0 radical (unpaired) electrons. The maximum atomic E-state index is 12.0. The van der Waals surface area contributed by atoms with Crippen molar-refractivity contribution in [1.82, 2.24) is 4.57 Å². The van der Waals surface area contributed by atoms with Gasteiger partial charge in [0.25, 0.3) is 0 Å². The van der Waals surface area contributed by atoms with E-state index in [9.17, 15) is 17.8 Å². The molecule has 0 fully saturated rings. The van der Waals surface area contributed by atoms with Crippen molar-refractivity contribution >= 4 is 50.2 Å². The van der Waals surface area contributed by atoms with E-state index >= 15 is 0 Å². The number of rotatable bonds is 4. The first-order valence-corrected chi connectivity index (χ1v) is 10.1. The molecule has 0 spiro atoms. The summed E-state index contributed by atoms with van der Waals surface area (Å²) in [6.45, 7) is 2.71. The third-order valence-corrected chi connectivity index (χ3v) is 5.46. The van der Waals surface area contributed by atoms with Crippen LogP contribution in [0.4, 0.5) is 0 Å². The van der Waals surface area contributed by atoms with Crippen LogP contribution in [0.25, 0.3) is 22.0 Å². The third-order valence-electron chi connectivity index (χ3n) is 4.09. The van der Waals surface area contributed by atoms with E-state index in [1.54, 1.807) is 49.4 Å². The number of para-hydroxylation sites is 1. The number of halogens is 2. The smallest absolute Gasteiger partial charge is 0.324 e. The lowest BCUT2D eigenvalue weighted by molar-refractivity contribution is -0.146. The SMILES string of the molecule is CC(=O)OC(n1c(C)c(-c2ccc(Cl)cc2)c2cccc(Cl)c21)S(=O)(=O)O. The van der Waals surface area contributed by atoms with Crippen molar-refractivity contribution in [1.29, 1.82) is 0 Å². The maximum Gasteiger partial charge on any atom is 0.324 e. The van der Waals surface area contributed by atoms with Crippen molar-refractivity contribution in [3.63, 3.8) is 0 Å². The van der Waals surface area contributed by atoms with Crippen molar-refractivity contribution in [2.45, 2.75) is 19.4 Å². The van der Waals surface area contributed by atoms with Crippen LogP contribution in [0.2, 0.25) is 10.0 Å². The Morgan fingerprint density at radius 3 is 2.33 bits per heavy atom. The van der Waals surface area contributed by atoms with Crippen LogP contribution in [0.1, 0.15) is 18.2 Å². The largest absolute Gasteiger partial charge is 0.424 e. The predicted molar refractivity (Wildman–Crippen MR) is 104 cm³/mol. The van der Waals surface area contributed by atoms with Gasteiger partial charge in [-0.25, -0.2) is 0 Å². The molecule has 0 aliphatic rings. The van der Waals surface area contributed by atoms with Crippen LogP contribution in [0.15, 0.2) is 42.5 Å². The maximum absolute atomic E-state index is 12.0.